The fourth-order valence-corrected chi connectivity index (χ4v) is 2.54. The fraction of sp³-hybridized carbons (Fsp3) is 0.312. The smallest absolute Gasteiger partial charge is 0.219 e. The van der Waals surface area contributed by atoms with Crippen LogP contribution in [-0.4, -0.2) is 17.4 Å². The standard InChI is InChI=1S/C16H17NO2/c1-12(18)17-9-5-8-15-14(11-17)10-16(19-15)13-6-3-2-4-7-13/h2-4,6-7,10H,5,8-9,11H2,1H3. The second-order valence-electron chi connectivity index (χ2n) is 4.97. The normalized spacial score (nSPS) is 14.9. The van der Waals surface area contributed by atoms with Crippen LogP contribution in [0.25, 0.3) is 11.3 Å². The van der Waals surface area contributed by atoms with Crippen LogP contribution in [0.1, 0.15) is 24.7 Å². The first-order valence-electron chi connectivity index (χ1n) is 6.66. The van der Waals surface area contributed by atoms with E-state index < -0.39 is 0 Å². The van der Waals surface area contributed by atoms with Gasteiger partial charge in [0.25, 0.3) is 0 Å². The molecular weight excluding hydrogens is 238 g/mol. The highest BCUT2D eigenvalue weighted by Crippen LogP contribution is 2.29. The molecule has 0 aliphatic carbocycles. The average Bonchev–Trinajstić information content (AvgIpc) is 2.71. The van der Waals surface area contributed by atoms with Crippen LogP contribution >= 0.6 is 0 Å². The Labute approximate surface area is 112 Å². The van der Waals surface area contributed by atoms with Crippen LogP contribution in [0.4, 0.5) is 0 Å². The summed E-state index contributed by atoms with van der Waals surface area (Å²) in [4.78, 5) is 13.4. The van der Waals surface area contributed by atoms with Crippen LogP contribution in [0.3, 0.4) is 0 Å². The molecule has 0 atom stereocenters. The second-order valence-corrected chi connectivity index (χ2v) is 4.97. The number of aryl methyl sites for hydroxylation is 1. The van der Waals surface area contributed by atoms with E-state index in [1.165, 1.54) is 0 Å². The first-order valence-corrected chi connectivity index (χ1v) is 6.66. The van der Waals surface area contributed by atoms with Gasteiger partial charge in [0, 0.05) is 37.6 Å². The molecule has 0 N–H and O–H groups in total. The number of hydrogen-bond donors (Lipinski definition) is 0. The summed E-state index contributed by atoms with van der Waals surface area (Å²) in [5, 5.41) is 0. The summed E-state index contributed by atoms with van der Waals surface area (Å²) in [5.74, 6) is 2.06. The van der Waals surface area contributed by atoms with Crippen molar-refractivity contribution in [3.63, 3.8) is 0 Å². The van der Waals surface area contributed by atoms with Gasteiger partial charge in [-0.05, 0) is 12.5 Å². The molecule has 3 heteroatoms. The van der Waals surface area contributed by atoms with Gasteiger partial charge in [0.1, 0.15) is 11.5 Å². The minimum Gasteiger partial charge on any atom is -0.461 e. The Hall–Kier alpha value is -2.03. The summed E-state index contributed by atoms with van der Waals surface area (Å²) in [5.41, 5.74) is 2.23. The summed E-state index contributed by atoms with van der Waals surface area (Å²) in [6.45, 7) is 3.12. The Morgan fingerprint density at radius 1 is 1.26 bits per heavy atom. The summed E-state index contributed by atoms with van der Waals surface area (Å²) in [7, 11) is 0. The quantitative estimate of drug-likeness (QED) is 0.783. The Morgan fingerprint density at radius 2 is 2.05 bits per heavy atom. The maximum Gasteiger partial charge on any atom is 0.219 e. The zero-order valence-corrected chi connectivity index (χ0v) is 11.1. The molecule has 1 aromatic heterocycles. The number of rotatable bonds is 1. The highest BCUT2D eigenvalue weighted by Gasteiger charge is 2.20. The van der Waals surface area contributed by atoms with E-state index in [0.29, 0.717) is 6.54 Å². The lowest BCUT2D eigenvalue weighted by Crippen LogP contribution is -2.27. The first-order chi connectivity index (χ1) is 9.24. The molecule has 0 saturated carbocycles. The minimum absolute atomic E-state index is 0.135. The highest BCUT2D eigenvalue weighted by molar-refractivity contribution is 5.73. The van der Waals surface area contributed by atoms with Crippen LogP contribution in [-0.2, 0) is 17.8 Å². The molecule has 3 nitrogen and oxygen atoms in total. The third kappa shape index (κ3) is 2.41. The van der Waals surface area contributed by atoms with Gasteiger partial charge in [-0.1, -0.05) is 30.3 Å². The van der Waals surface area contributed by atoms with E-state index in [-0.39, 0.29) is 5.91 Å². The number of carbonyl (C=O) groups excluding carboxylic acids is 1. The molecule has 98 valence electrons. The molecular formula is C16H17NO2. The summed E-state index contributed by atoms with van der Waals surface area (Å²) in [6.07, 6.45) is 1.88. The van der Waals surface area contributed by atoms with Crippen LogP contribution < -0.4 is 0 Å². The number of furan rings is 1. The predicted molar refractivity (Wildman–Crippen MR) is 73.6 cm³/mol. The van der Waals surface area contributed by atoms with Crippen molar-refractivity contribution in [2.45, 2.75) is 26.3 Å². The molecule has 1 aromatic carbocycles. The molecule has 2 aromatic rings. The molecule has 0 unspecified atom stereocenters. The molecule has 0 radical (unpaired) electrons. The van der Waals surface area contributed by atoms with Crippen molar-refractivity contribution in [1.82, 2.24) is 4.90 Å². The lowest BCUT2D eigenvalue weighted by atomic mass is 10.1. The topological polar surface area (TPSA) is 33.5 Å². The molecule has 0 saturated heterocycles. The van der Waals surface area contributed by atoms with Gasteiger partial charge >= 0.3 is 0 Å². The number of benzene rings is 1. The number of nitrogens with zero attached hydrogens (tertiary/aromatic N) is 1. The number of hydrogen-bond acceptors (Lipinski definition) is 2. The number of carbonyl (C=O) groups is 1. The third-order valence-electron chi connectivity index (χ3n) is 3.59. The molecule has 19 heavy (non-hydrogen) atoms. The second kappa shape index (κ2) is 4.92. The monoisotopic (exact) mass is 255 g/mol. The summed E-state index contributed by atoms with van der Waals surface area (Å²) >= 11 is 0. The van der Waals surface area contributed by atoms with Crippen molar-refractivity contribution < 1.29 is 9.21 Å². The molecule has 0 bridgehead atoms. The zero-order valence-electron chi connectivity index (χ0n) is 11.1. The Bertz CT molecular complexity index is 586. The minimum atomic E-state index is 0.135. The molecule has 0 spiro atoms. The maximum atomic E-state index is 11.5. The average molecular weight is 255 g/mol. The van der Waals surface area contributed by atoms with Crippen LogP contribution in [0.5, 0.6) is 0 Å². The largest absolute Gasteiger partial charge is 0.461 e. The number of fused-ring (bicyclic) bond motifs is 1. The Morgan fingerprint density at radius 3 is 2.79 bits per heavy atom. The van der Waals surface area contributed by atoms with E-state index in [1.807, 2.05) is 35.2 Å². The van der Waals surface area contributed by atoms with Crippen molar-refractivity contribution in [3.8, 4) is 11.3 Å². The van der Waals surface area contributed by atoms with E-state index in [0.717, 1.165) is 42.0 Å². The predicted octanol–water partition coefficient (Wildman–Crippen LogP) is 3.24. The van der Waals surface area contributed by atoms with E-state index in [4.69, 9.17) is 4.42 Å². The molecule has 2 heterocycles. The lowest BCUT2D eigenvalue weighted by Gasteiger charge is -2.17. The van der Waals surface area contributed by atoms with Gasteiger partial charge in [0.2, 0.25) is 5.91 Å². The van der Waals surface area contributed by atoms with Crippen LogP contribution in [0.2, 0.25) is 0 Å². The lowest BCUT2D eigenvalue weighted by molar-refractivity contribution is -0.129. The molecule has 3 rings (SSSR count). The summed E-state index contributed by atoms with van der Waals surface area (Å²) in [6, 6.07) is 12.2. The molecule has 0 fully saturated rings. The molecule has 1 amide bonds. The van der Waals surface area contributed by atoms with Crippen molar-refractivity contribution in [2.24, 2.45) is 0 Å². The van der Waals surface area contributed by atoms with Crippen molar-refractivity contribution in [1.29, 1.82) is 0 Å². The third-order valence-corrected chi connectivity index (χ3v) is 3.59. The Balaban J connectivity index is 1.93. The first kappa shape index (κ1) is 12.0. The fourth-order valence-electron chi connectivity index (χ4n) is 2.54. The van der Waals surface area contributed by atoms with Crippen molar-refractivity contribution in [3.05, 3.63) is 47.7 Å². The van der Waals surface area contributed by atoms with Gasteiger partial charge in [-0.3, -0.25) is 4.79 Å². The van der Waals surface area contributed by atoms with Crippen molar-refractivity contribution >= 4 is 5.91 Å². The van der Waals surface area contributed by atoms with E-state index in [9.17, 15) is 4.79 Å². The van der Waals surface area contributed by atoms with E-state index >= 15 is 0 Å². The van der Waals surface area contributed by atoms with Gasteiger partial charge in [-0.25, -0.2) is 0 Å². The van der Waals surface area contributed by atoms with Gasteiger partial charge in [-0.2, -0.15) is 0 Å². The maximum absolute atomic E-state index is 11.5. The van der Waals surface area contributed by atoms with Gasteiger partial charge in [0.15, 0.2) is 0 Å². The molecule has 1 aliphatic heterocycles. The van der Waals surface area contributed by atoms with E-state index in [2.05, 4.69) is 6.07 Å². The highest BCUT2D eigenvalue weighted by atomic mass is 16.3. The van der Waals surface area contributed by atoms with E-state index in [1.54, 1.807) is 6.92 Å². The van der Waals surface area contributed by atoms with Crippen LogP contribution in [0, 0.1) is 0 Å². The van der Waals surface area contributed by atoms with Crippen LogP contribution in [0.15, 0.2) is 40.8 Å². The summed E-state index contributed by atoms with van der Waals surface area (Å²) < 4.78 is 5.96. The van der Waals surface area contributed by atoms with Gasteiger partial charge in [-0.15, -0.1) is 0 Å². The Kier molecular flexibility index (Phi) is 3.11. The zero-order chi connectivity index (χ0) is 13.2. The number of amides is 1. The van der Waals surface area contributed by atoms with Gasteiger partial charge in [0.05, 0.1) is 0 Å². The SMILES string of the molecule is CC(=O)N1CCCc2oc(-c3ccccc3)cc2C1. The van der Waals surface area contributed by atoms with Crippen molar-refractivity contribution in [2.75, 3.05) is 6.54 Å². The van der Waals surface area contributed by atoms with Gasteiger partial charge < -0.3 is 9.32 Å². The molecule has 1 aliphatic rings.